The van der Waals surface area contributed by atoms with Crippen LogP contribution in [-0.4, -0.2) is 26.7 Å². The quantitative estimate of drug-likeness (QED) is 0.113. The normalized spacial score (nSPS) is 17.2. The second kappa shape index (κ2) is 9.18. The molecule has 1 N–H and O–H groups in total. The molecule has 3 aromatic carbocycles. The average molecular weight is 520 g/mol. The van der Waals surface area contributed by atoms with Crippen LogP contribution in [-0.2, 0) is 16.0 Å². The number of aliphatic hydroxyl groups excluding tert-OH is 1. The first-order valence-corrected chi connectivity index (χ1v) is 12.2. The Labute approximate surface area is 214 Å². The van der Waals surface area contributed by atoms with Crippen molar-refractivity contribution in [1.82, 2.24) is 4.98 Å². The van der Waals surface area contributed by atoms with Gasteiger partial charge in [-0.15, -0.1) is 0 Å². The summed E-state index contributed by atoms with van der Waals surface area (Å²) in [6.07, 6.45) is 0.831. The first kappa shape index (κ1) is 23.7. The maximum atomic E-state index is 13.3. The van der Waals surface area contributed by atoms with Crippen LogP contribution in [0.15, 0.2) is 72.3 Å². The predicted octanol–water partition coefficient (Wildman–Crippen LogP) is 6.05. The van der Waals surface area contributed by atoms with Gasteiger partial charge < -0.3 is 5.11 Å². The summed E-state index contributed by atoms with van der Waals surface area (Å²) in [4.78, 5) is 43.1. The molecule has 1 aliphatic rings. The molecule has 0 bridgehead atoms. The standard InChI is InChI=1S/C26H18ClN3O5S/c1-2-14-3-12-19-20(13-14)36-26(28-19)29-22(15-6-10-18(11-7-15)30(34)35)21(24(32)25(29)33)23(31)16-4-8-17(27)9-5-16/h3-13,22,31H,2H2,1H3/b23-21+/t22-/m0/s1. The number of nitro benzene ring substituents is 1. The van der Waals surface area contributed by atoms with Crippen LogP contribution in [0, 0.1) is 10.1 Å². The van der Waals surface area contributed by atoms with Gasteiger partial charge in [-0.05, 0) is 66.1 Å². The Balaban J connectivity index is 1.71. The third kappa shape index (κ3) is 4.02. The van der Waals surface area contributed by atoms with Gasteiger partial charge in [0.25, 0.3) is 11.5 Å². The van der Waals surface area contributed by atoms with Gasteiger partial charge in [0.05, 0.1) is 26.8 Å². The van der Waals surface area contributed by atoms with Crippen LogP contribution in [0.2, 0.25) is 5.02 Å². The highest BCUT2D eigenvalue weighted by Crippen LogP contribution is 2.44. The molecule has 0 spiro atoms. The molecule has 10 heteroatoms. The molecular formula is C26H18ClN3O5S. The third-order valence-corrected chi connectivity index (χ3v) is 7.31. The minimum absolute atomic E-state index is 0.135. The Kier molecular flexibility index (Phi) is 6.03. The molecule has 1 saturated heterocycles. The van der Waals surface area contributed by atoms with E-state index in [0.29, 0.717) is 26.8 Å². The van der Waals surface area contributed by atoms with E-state index in [1.165, 1.54) is 40.5 Å². The number of halogens is 1. The van der Waals surface area contributed by atoms with E-state index in [4.69, 9.17) is 11.6 Å². The van der Waals surface area contributed by atoms with Gasteiger partial charge in [0.2, 0.25) is 0 Å². The van der Waals surface area contributed by atoms with Crippen molar-refractivity contribution in [1.29, 1.82) is 0 Å². The average Bonchev–Trinajstić information content (AvgIpc) is 3.41. The highest BCUT2D eigenvalue weighted by Gasteiger charge is 2.48. The number of rotatable bonds is 5. The van der Waals surface area contributed by atoms with Gasteiger partial charge in [-0.3, -0.25) is 24.6 Å². The summed E-state index contributed by atoms with van der Waals surface area (Å²) >= 11 is 7.23. The van der Waals surface area contributed by atoms with Gasteiger partial charge in [0.1, 0.15) is 5.76 Å². The van der Waals surface area contributed by atoms with Crippen molar-refractivity contribution in [2.75, 3.05) is 4.90 Å². The van der Waals surface area contributed by atoms with Crippen molar-refractivity contribution < 1.29 is 19.6 Å². The number of amides is 1. The summed E-state index contributed by atoms with van der Waals surface area (Å²) in [5.41, 5.74) is 2.24. The van der Waals surface area contributed by atoms with E-state index in [1.54, 1.807) is 24.3 Å². The summed E-state index contributed by atoms with van der Waals surface area (Å²) in [6, 6.07) is 16.5. The van der Waals surface area contributed by atoms with Crippen LogP contribution in [0.1, 0.15) is 29.7 Å². The van der Waals surface area contributed by atoms with Crippen LogP contribution in [0.3, 0.4) is 0 Å². The van der Waals surface area contributed by atoms with Crippen molar-refractivity contribution in [3.05, 3.63) is 104 Å². The predicted molar refractivity (Wildman–Crippen MR) is 138 cm³/mol. The summed E-state index contributed by atoms with van der Waals surface area (Å²) in [7, 11) is 0. The number of aromatic nitrogens is 1. The van der Waals surface area contributed by atoms with Crippen molar-refractivity contribution in [2.24, 2.45) is 0 Å². The first-order valence-electron chi connectivity index (χ1n) is 11.0. The van der Waals surface area contributed by atoms with E-state index < -0.39 is 22.7 Å². The number of carbonyl (C=O) groups is 2. The van der Waals surface area contributed by atoms with Gasteiger partial charge in [-0.2, -0.15) is 0 Å². The largest absolute Gasteiger partial charge is 0.507 e. The maximum absolute atomic E-state index is 13.3. The molecule has 2 heterocycles. The number of nitro groups is 1. The molecule has 4 aromatic rings. The van der Waals surface area contributed by atoms with E-state index in [0.717, 1.165) is 16.7 Å². The van der Waals surface area contributed by atoms with E-state index in [-0.39, 0.29) is 17.0 Å². The van der Waals surface area contributed by atoms with Crippen molar-refractivity contribution >= 4 is 61.4 Å². The summed E-state index contributed by atoms with van der Waals surface area (Å²) in [6.45, 7) is 2.03. The van der Waals surface area contributed by atoms with E-state index in [2.05, 4.69) is 4.98 Å². The second-order valence-electron chi connectivity index (χ2n) is 8.18. The fourth-order valence-electron chi connectivity index (χ4n) is 4.17. The lowest BCUT2D eigenvalue weighted by molar-refractivity contribution is -0.384. The Morgan fingerprint density at radius 3 is 2.44 bits per heavy atom. The topological polar surface area (TPSA) is 114 Å². The SMILES string of the molecule is CCc1ccc2nc(N3C(=O)C(=O)/C(=C(/O)c4ccc(Cl)cc4)[C@@H]3c3ccc([N+](=O)[O-])cc3)sc2c1. The number of nitrogens with zero attached hydrogens (tertiary/aromatic N) is 3. The Hall–Kier alpha value is -4.08. The number of thiazole rings is 1. The number of aryl methyl sites for hydroxylation is 1. The Morgan fingerprint density at radius 2 is 1.81 bits per heavy atom. The number of anilines is 1. The van der Waals surface area contributed by atoms with E-state index >= 15 is 0 Å². The maximum Gasteiger partial charge on any atom is 0.301 e. The number of aliphatic hydroxyl groups is 1. The molecule has 0 radical (unpaired) electrons. The zero-order chi connectivity index (χ0) is 25.6. The smallest absolute Gasteiger partial charge is 0.301 e. The van der Waals surface area contributed by atoms with Crippen molar-refractivity contribution in [2.45, 2.75) is 19.4 Å². The van der Waals surface area contributed by atoms with Crippen LogP contribution >= 0.6 is 22.9 Å². The van der Waals surface area contributed by atoms with E-state index in [9.17, 15) is 24.8 Å². The van der Waals surface area contributed by atoms with Gasteiger partial charge in [-0.1, -0.05) is 35.9 Å². The molecule has 5 rings (SSSR count). The van der Waals surface area contributed by atoms with Gasteiger partial charge >= 0.3 is 5.91 Å². The molecule has 0 unspecified atom stereocenters. The Morgan fingerprint density at radius 1 is 1.11 bits per heavy atom. The van der Waals surface area contributed by atoms with Gasteiger partial charge in [-0.25, -0.2) is 4.98 Å². The number of ketones is 1. The van der Waals surface area contributed by atoms with Crippen LogP contribution in [0.25, 0.3) is 16.0 Å². The summed E-state index contributed by atoms with van der Waals surface area (Å²) < 4.78 is 0.853. The molecular weight excluding hydrogens is 502 g/mol. The fourth-order valence-corrected chi connectivity index (χ4v) is 5.35. The monoisotopic (exact) mass is 519 g/mol. The molecule has 1 atom stereocenters. The minimum Gasteiger partial charge on any atom is -0.507 e. The number of non-ortho nitro benzene ring substituents is 1. The lowest BCUT2D eigenvalue weighted by Crippen LogP contribution is -2.29. The number of fused-ring (bicyclic) bond motifs is 1. The molecule has 1 aliphatic heterocycles. The van der Waals surface area contributed by atoms with E-state index in [1.807, 2.05) is 25.1 Å². The lowest BCUT2D eigenvalue weighted by atomic mass is 9.95. The highest BCUT2D eigenvalue weighted by molar-refractivity contribution is 7.22. The van der Waals surface area contributed by atoms with Crippen molar-refractivity contribution in [3.8, 4) is 0 Å². The number of hydrogen-bond donors (Lipinski definition) is 1. The second-order valence-corrected chi connectivity index (χ2v) is 9.62. The zero-order valence-electron chi connectivity index (χ0n) is 18.8. The molecule has 0 aliphatic carbocycles. The summed E-state index contributed by atoms with van der Waals surface area (Å²) in [5.74, 6) is -2.09. The Bertz CT molecular complexity index is 1560. The molecule has 1 amide bonds. The van der Waals surface area contributed by atoms with Crippen LogP contribution in [0.4, 0.5) is 10.8 Å². The molecule has 0 saturated carbocycles. The molecule has 180 valence electrons. The number of benzene rings is 3. The van der Waals surface area contributed by atoms with Crippen LogP contribution in [0.5, 0.6) is 0 Å². The van der Waals surface area contributed by atoms with Gasteiger partial charge in [0, 0.05) is 22.7 Å². The van der Waals surface area contributed by atoms with Crippen molar-refractivity contribution in [3.63, 3.8) is 0 Å². The molecule has 8 nitrogen and oxygen atoms in total. The summed E-state index contributed by atoms with van der Waals surface area (Å²) in [5, 5.41) is 23.1. The molecule has 36 heavy (non-hydrogen) atoms. The third-order valence-electron chi connectivity index (χ3n) is 6.04. The van der Waals surface area contributed by atoms with Gasteiger partial charge in [0.15, 0.2) is 5.13 Å². The van der Waals surface area contributed by atoms with Crippen LogP contribution < -0.4 is 4.90 Å². The zero-order valence-corrected chi connectivity index (χ0v) is 20.4. The molecule has 1 fully saturated rings. The molecule has 1 aromatic heterocycles. The minimum atomic E-state index is -1.03. The number of hydrogen-bond acceptors (Lipinski definition) is 7. The first-order chi connectivity index (χ1) is 17.3. The number of Topliss-reactive ketones (excluding diaryl/α,β-unsaturated/α-hetero) is 1. The highest BCUT2D eigenvalue weighted by atomic mass is 35.5. The lowest BCUT2D eigenvalue weighted by Gasteiger charge is -2.22. The number of carbonyl (C=O) groups excluding carboxylic acids is 2. The fraction of sp³-hybridized carbons (Fsp3) is 0.115.